The molecule has 0 fully saturated rings. The van der Waals surface area contributed by atoms with E-state index >= 15 is 0 Å². The monoisotopic (exact) mass is 456 g/mol. The average Bonchev–Trinajstić information content (AvgIpc) is 3.39. The summed E-state index contributed by atoms with van der Waals surface area (Å²) in [6.45, 7) is 5.55. The summed E-state index contributed by atoms with van der Waals surface area (Å²) in [5.41, 5.74) is 0.0975. The molecule has 1 aliphatic heterocycles. The van der Waals surface area contributed by atoms with Gasteiger partial charge < -0.3 is 29.9 Å². The molecule has 1 aliphatic rings. The molecule has 2 aromatic rings. The fraction of sp³-hybridized carbons (Fsp3) is 0.455. The lowest BCUT2D eigenvalue weighted by molar-refractivity contribution is -0.144. The van der Waals surface area contributed by atoms with E-state index in [4.69, 9.17) is 9.25 Å². The third-order valence-corrected chi connectivity index (χ3v) is 5.29. The summed E-state index contributed by atoms with van der Waals surface area (Å²) >= 11 is 0. The van der Waals surface area contributed by atoms with Crippen LogP contribution in [0.15, 0.2) is 46.2 Å². The van der Waals surface area contributed by atoms with Gasteiger partial charge in [-0.15, -0.1) is 0 Å². The SMILES string of the molecule is Cc1nc(C(=O)NCC2=NOC(Cc3ccccc3)(C(=O)NC(CC(C)C)B(O)O)C2)co1. The molecule has 11 heteroatoms. The molecule has 2 unspecified atom stereocenters. The molecule has 2 heterocycles. The molecule has 0 saturated heterocycles. The summed E-state index contributed by atoms with van der Waals surface area (Å²) < 4.78 is 5.05. The number of aromatic nitrogens is 1. The molecule has 1 aromatic carbocycles. The van der Waals surface area contributed by atoms with Gasteiger partial charge in [0.25, 0.3) is 11.8 Å². The number of carbonyl (C=O) groups is 2. The number of benzene rings is 1. The van der Waals surface area contributed by atoms with Crippen LogP contribution in [-0.4, -0.2) is 57.8 Å². The maximum Gasteiger partial charge on any atom is 0.475 e. The maximum atomic E-state index is 13.3. The first-order valence-corrected chi connectivity index (χ1v) is 10.8. The smallest absolute Gasteiger partial charge is 0.448 e. The molecule has 4 N–H and O–H groups in total. The van der Waals surface area contributed by atoms with Gasteiger partial charge in [0.05, 0.1) is 18.2 Å². The minimum atomic E-state index is -1.71. The van der Waals surface area contributed by atoms with Gasteiger partial charge >= 0.3 is 7.12 Å². The van der Waals surface area contributed by atoms with E-state index in [1.165, 1.54) is 6.26 Å². The van der Waals surface area contributed by atoms with Crippen molar-refractivity contribution in [2.75, 3.05) is 6.54 Å². The molecule has 1 aromatic heterocycles. The Labute approximate surface area is 192 Å². The Morgan fingerprint density at radius 2 is 1.97 bits per heavy atom. The van der Waals surface area contributed by atoms with Gasteiger partial charge in [0.2, 0.25) is 5.60 Å². The van der Waals surface area contributed by atoms with E-state index in [-0.39, 0.29) is 31.0 Å². The zero-order valence-electron chi connectivity index (χ0n) is 18.9. The molecule has 3 rings (SSSR count). The van der Waals surface area contributed by atoms with Gasteiger partial charge in [-0.2, -0.15) is 0 Å². The zero-order valence-corrected chi connectivity index (χ0v) is 18.9. The molecule has 0 radical (unpaired) electrons. The number of nitrogens with one attached hydrogen (secondary N) is 2. The standard InChI is InChI=1S/C22H29BN4O6/c1-14(2)9-19(23(30)31)26-21(29)22(10-16-7-5-4-6-8-16)11-17(27-33-22)12-24-20(28)18-13-32-15(3)25-18/h4-8,13-14,19,30-31H,9-12H2,1-3H3,(H,24,28)(H,26,29). The van der Waals surface area contributed by atoms with Crippen molar-refractivity contribution in [1.82, 2.24) is 15.6 Å². The quantitative estimate of drug-likeness (QED) is 0.391. The first-order chi connectivity index (χ1) is 15.7. The third kappa shape index (κ3) is 6.42. The number of oxime groups is 1. The van der Waals surface area contributed by atoms with Crippen LogP contribution in [0.3, 0.4) is 0 Å². The molecular formula is C22H29BN4O6. The molecule has 10 nitrogen and oxygen atoms in total. The highest BCUT2D eigenvalue weighted by atomic mass is 16.7. The number of rotatable bonds is 10. The fourth-order valence-corrected chi connectivity index (χ4v) is 3.67. The van der Waals surface area contributed by atoms with Crippen molar-refractivity contribution in [3.63, 3.8) is 0 Å². The van der Waals surface area contributed by atoms with Gasteiger partial charge in [-0.05, 0) is 17.9 Å². The number of hydrogen-bond donors (Lipinski definition) is 4. The van der Waals surface area contributed by atoms with E-state index < -0.39 is 30.5 Å². The van der Waals surface area contributed by atoms with Crippen molar-refractivity contribution in [3.8, 4) is 0 Å². The minimum absolute atomic E-state index is 0.0621. The molecule has 2 amide bonds. The Kier molecular flexibility index (Phi) is 7.88. The van der Waals surface area contributed by atoms with E-state index in [2.05, 4.69) is 20.8 Å². The number of nitrogens with zero attached hydrogens (tertiary/aromatic N) is 2. The predicted molar refractivity (Wildman–Crippen MR) is 121 cm³/mol. The van der Waals surface area contributed by atoms with Crippen molar-refractivity contribution >= 4 is 24.6 Å². The molecule has 0 saturated carbocycles. The summed E-state index contributed by atoms with van der Waals surface area (Å²) in [6.07, 6.45) is 1.99. The largest absolute Gasteiger partial charge is 0.475 e. The van der Waals surface area contributed by atoms with Crippen LogP contribution in [0, 0.1) is 12.8 Å². The number of carbonyl (C=O) groups excluding carboxylic acids is 2. The van der Waals surface area contributed by atoms with Gasteiger partial charge in [-0.3, -0.25) is 9.59 Å². The normalized spacial score (nSPS) is 18.4. The van der Waals surface area contributed by atoms with Crippen molar-refractivity contribution in [1.29, 1.82) is 0 Å². The Balaban J connectivity index is 1.72. The topological polar surface area (TPSA) is 146 Å². The van der Waals surface area contributed by atoms with Gasteiger partial charge in [0.1, 0.15) is 6.26 Å². The number of oxazole rings is 1. The second-order valence-corrected chi connectivity index (χ2v) is 8.64. The molecule has 176 valence electrons. The molecule has 0 spiro atoms. The van der Waals surface area contributed by atoms with Gasteiger partial charge in [-0.1, -0.05) is 49.3 Å². The van der Waals surface area contributed by atoms with Crippen molar-refractivity contribution in [3.05, 3.63) is 53.7 Å². The van der Waals surface area contributed by atoms with Crippen LogP contribution in [0.5, 0.6) is 0 Å². The highest BCUT2D eigenvalue weighted by Crippen LogP contribution is 2.29. The second kappa shape index (κ2) is 10.6. The number of hydrogen-bond acceptors (Lipinski definition) is 8. The molecular weight excluding hydrogens is 427 g/mol. The maximum absolute atomic E-state index is 13.3. The number of amides is 2. The summed E-state index contributed by atoms with van der Waals surface area (Å²) in [6, 6.07) is 9.33. The summed E-state index contributed by atoms with van der Waals surface area (Å²) in [5, 5.41) is 29.0. The summed E-state index contributed by atoms with van der Waals surface area (Å²) in [7, 11) is -1.71. The van der Waals surface area contributed by atoms with Gasteiger partial charge in [0.15, 0.2) is 11.6 Å². The van der Waals surface area contributed by atoms with Crippen molar-refractivity contribution in [2.45, 2.75) is 51.6 Å². The first-order valence-electron chi connectivity index (χ1n) is 10.8. The minimum Gasteiger partial charge on any atom is -0.448 e. The molecule has 2 atom stereocenters. The summed E-state index contributed by atoms with van der Waals surface area (Å²) in [4.78, 5) is 35.2. The lowest BCUT2D eigenvalue weighted by Crippen LogP contribution is -2.56. The predicted octanol–water partition coefficient (Wildman–Crippen LogP) is 1.01. The molecule has 0 aliphatic carbocycles. The third-order valence-electron chi connectivity index (χ3n) is 5.29. The number of aryl methyl sites for hydroxylation is 1. The second-order valence-electron chi connectivity index (χ2n) is 8.64. The Bertz CT molecular complexity index is 994. The van der Waals surface area contributed by atoms with E-state index in [9.17, 15) is 19.6 Å². The van der Waals surface area contributed by atoms with E-state index in [0.29, 0.717) is 18.0 Å². The van der Waals surface area contributed by atoms with Crippen LogP contribution < -0.4 is 10.6 Å². The van der Waals surface area contributed by atoms with Gasteiger partial charge in [0, 0.05) is 19.8 Å². The van der Waals surface area contributed by atoms with Gasteiger partial charge in [-0.25, -0.2) is 4.98 Å². The zero-order chi connectivity index (χ0) is 24.0. The molecule has 0 bridgehead atoms. The van der Waals surface area contributed by atoms with E-state index in [0.717, 1.165) is 5.56 Å². The van der Waals surface area contributed by atoms with Crippen LogP contribution in [0.25, 0.3) is 0 Å². The Hall–Kier alpha value is -3.18. The average molecular weight is 456 g/mol. The van der Waals surface area contributed by atoms with Crippen LogP contribution >= 0.6 is 0 Å². The summed E-state index contributed by atoms with van der Waals surface area (Å²) in [5.74, 6) is -1.27. The van der Waals surface area contributed by atoms with Crippen LogP contribution in [-0.2, 0) is 16.1 Å². The Morgan fingerprint density at radius 3 is 2.58 bits per heavy atom. The van der Waals surface area contributed by atoms with Crippen molar-refractivity contribution in [2.24, 2.45) is 11.1 Å². The van der Waals surface area contributed by atoms with Crippen LogP contribution in [0.1, 0.15) is 48.6 Å². The fourth-order valence-electron chi connectivity index (χ4n) is 3.67. The highest BCUT2D eigenvalue weighted by Gasteiger charge is 2.48. The van der Waals surface area contributed by atoms with Crippen molar-refractivity contribution < 1.29 is 28.9 Å². The molecule has 33 heavy (non-hydrogen) atoms. The first kappa shape index (κ1) is 24.5. The van der Waals surface area contributed by atoms with E-state index in [1.54, 1.807) is 6.92 Å². The highest BCUT2D eigenvalue weighted by molar-refractivity contribution is 6.43. The Morgan fingerprint density at radius 1 is 1.24 bits per heavy atom. The lowest BCUT2D eigenvalue weighted by atomic mass is 9.74. The van der Waals surface area contributed by atoms with Crippen LogP contribution in [0.4, 0.5) is 0 Å². The van der Waals surface area contributed by atoms with Crippen LogP contribution in [0.2, 0.25) is 0 Å². The van der Waals surface area contributed by atoms with E-state index in [1.807, 2.05) is 44.2 Å². The lowest BCUT2D eigenvalue weighted by Gasteiger charge is -2.29.